The first-order valence-electron chi connectivity index (χ1n) is 10.0. The number of rotatable bonds is 5. The van der Waals surface area contributed by atoms with Gasteiger partial charge < -0.3 is 10.2 Å². The van der Waals surface area contributed by atoms with E-state index in [1.807, 2.05) is 18.5 Å². The Balaban J connectivity index is 1.31. The van der Waals surface area contributed by atoms with Crippen molar-refractivity contribution in [1.29, 1.82) is 0 Å². The molecule has 1 N–H and O–H groups in total. The number of anilines is 1. The van der Waals surface area contributed by atoms with E-state index in [-0.39, 0.29) is 11.9 Å². The van der Waals surface area contributed by atoms with Gasteiger partial charge in [-0.3, -0.25) is 0 Å². The minimum absolute atomic E-state index is 0.234. The summed E-state index contributed by atoms with van der Waals surface area (Å²) in [7, 11) is 0. The van der Waals surface area contributed by atoms with Gasteiger partial charge in [-0.05, 0) is 44.2 Å². The van der Waals surface area contributed by atoms with Crippen LogP contribution in [0, 0.1) is 5.82 Å². The van der Waals surface area contributed by atoms with Crippen molar-refractivity contribution in [2.75, 3.05) is 18.0 Å². The number of aromatic nitrogens is 3. The SMILES string of the molecule is Fc1ccccc1-n1ncc2c1CCCC2NCc1cnc(N2CCCC2)s1. The highest BCUT2D eigenvalue weighted by atomic mass is 32.1. The van der Waals surface area contributed by atoms with Gasteiger partial charge in [0.05, 0.1) is 6.20 Å². The van der Waals surface area contributed by atoms with Crippen molar-refractivity contribution in [1.82, 2.24) is 20.1 Å². The molecule has 7 heteroatoms. The number of fused-ring (bicyclic) bond motifs is 1. The normalized spacial score (nSPS) is 19.2. The molecule has 1 atom stereocenters. The fraction of sp³-hybridized carbons (Fsp3) is 0.429. The number of halogens is 1. The summed E-state index contributed by atoms with van der Waals surface area (Å²) in [4.78, 5) is 8.25. The molecule has 2 aromatic heterocycles. The van der Waals surface area contributed by atoms with Crippen LogP contribution in [0.3, 0.4) is 0 Å². The molecule has 1 fully saturated rings. The highest BCUT2D eigenvalue weighted by Gasteiger charge is 2.25. The quantitative estimate of drug-likeness (QED) is 0.700. The lowest BCUT2D eigenvalue weighted by atomic mass is 9.93. The molecule has 2 aliphatic rings. The standard InChI is InChI=1S/C21H24FN5S/c22-17-6-1-2-8-20(17)27-19-9-5-7-18(16(19)14-25-27)23-12-15-13-24-21(28-15)26-10-3-4-11-26/h1-2,6,8,13-14,18,23H,3-5,7,9-12H2. The average molecular weight is 398 g/mol. The van der Waals surface area contributed by atoms with Crippen molar-refractivity contribution < 1.29 is 4.39 Å². The third-order valence-corrected chi connectivity index (χ3v) is 6.76. The number of hydrogen-bond acceptors (Lipinski definition) is 5. The maximum Gasteiger partial charge on any atom is 0.185 e. The van der Waals surface area contributed by atoms with Crippen LogP contribution in [-0.2, 0) is 13.0 Å². The Kier molecular flexibility index (Phi) is 4.86. The number of para-hydroxylation sites is 1. The molecule has 5 nitrogen and oxygen atoms in total. The summed E-state index contributed by atoms with van der Waals surface area (Å²) < 4.78 is 16.0. The third kappa shape index (κ3) is 3.33. The van der Waals surface area contributed by atoms with Crippen LogP contribution in [-0.4, -0.2) is 27.9 Å². The second-order valence-corrected chi connectivity index (χ2v) is 8.63. The number of benzene rings is 1. The van der Waals surface area contributed by atoms with Crippen molar-refractivity contribution in [3.63, 3.8) is 0 Å². The number of hydrogen-bond donors (Lipinski definition) is 1. The lowest BCUT2D eigenvalue weighted by Gasteiger charge is -2.24. The summed E-state index contributed by atoms with van der Waals surface area (Å²) in [6.45, 7) is 3.06. The molecular weight excluding hydrogens is 373 g/mol. The Morgan fingerprint density at radius 2 is 2.00 bits per heavy atom. The van der Waals surface area contributed by atoms with Crippen LogP contribution >= 0.6 is 11.3 Å². The van der Waals surface area contributed by atoms with E-state index in [4.69, 9.17) is 0 Å². The van der Waals surface area contributed by atoms with E-state index in [1.54, 1.807) is 28.2 Å². The Bertz CT molecular complexity index is 959. The van der Waals surface area contributed by atoms with Crippen LogP contribution in [0.15, 0.2) is 36.7 Å². The number of nitrogens with zero attached hydrogens (tertiary/aromatic N) is 4. The van der Waals surface area contributed by atoms with Gasteiger partial charge in [0.1, 0.15) is 11.5 Å². The summed E-state index contributed by atoms with van der Waals surface area (Å²) >= 11 is 1.79. The lowest BCUT2D eigenvalue weighted by Crippen LogP contribution is -2.24. The Morgan fingerprint density at radius 1 is 1.14 bits per heavy atom. The van der Waals surface area contributed by atoms with Crippen molar-refractivity contribution in [3.05, 3.63) is 58.6 Å². The van der Waals surface area contributed by atoms with Gasteiger partial charge in [0, 0.05) is 48.0 Å². The van der Waals surface area contributed by atoms with Gasteiger partial charge in [0.15, 0.2) is 5.13 Å². The summed E-state index contributed by atoms with van der Waals surface area (Å²) in [5, 5.41) is 9.34. The molecule has 1 aliphatic carbocycles. The zero-order valence-electron chi connectivity index (χ0n) is 15.8. The van der Waals surface area contributed by atoms with Crippen LogP contribution in [0.4, 0.5) is 9.52 Å². The monoisotopic (exact) mass is 397 g/mol. The maximum atomic E-state index is 14.2. The second-order valence-electron chi connectivity index (χ2n) is 7.54. The topological polar surface area (TPSA) is 46.0 Å². The summed E-state index contributed by atoms with van der Waals surface area (Å²) in [5.41, 5.74) is 2.84. The van der Waals surface area contributed by atoms with Gasteiger partial charge in [-0.2, -0.15) is 5.10 Å². The zero-order chi connectivity index (χ0) is 18.9. The van der Waals surface area contributed by atoms with Crippen molar-refractivity contribution >= 4 is 16.5 Å². The summed E-state index contributed by atoms with van der Waals surface area (Å²) in [5.74, 6) is -0.234. The van der Waals surface area contributed by atoms with Crippen LogP contribution in [0.2, 0.25) is 0 Å². The lowest BCUT2D eigenvalue weighted by molar-refractivity contribution is 0.455. The van der Waals surface area contributed by atoms with Crippen LogP contribution < -0.4 is 10.2 Å². The minimum atomic E-state index is -0.234. The first kappa shape index (κ1) is 17.8. The average Bonchev–Trinajstić information content (AvgIpc) is 3.46. The molecule has 0 spiro atoms. The van der Waals surface area contributed by atoms with E-state index in [9.17, 15) is 4.39 Å². The van der Waals surface area contributed by atoms with E-state index in [0.717, 1.165) is 49.7 Å². The Morgan fingerprint density at radius 3 is 2.86 bits per heavy atom. The number of thiazole rings is 1. The molecule has 146 valence electrons. The first-order chi connectivity index (χ1) is 13.8. The van der Waals surface area contributed by atoms with Crippen molar-refractivity contribution in [2.45, 2.75) is 44.7 Å². The zero-order valence-corrected chi connectivity index (χ0v) is 16.6. The molecule has 5 rings (SSSR count). The number of nitrogens with one attached hydrogen (secondary N) is 1. The van der Waals surface area contributed by atoms with Gasteiger partial charge in [-0.1, -0.05) is 12.1 Å². The molecule has 3 aromatic rings. The van der Waals surface area contributed by atoms with E-state index < -0.39 is 0 Å². The highest BCUT2D eigenvalue weighted by Crippen LogP contribution is 2.32. The van der Waals surface area contributed by atoms with E-state index in [0.29, 0.717) is 5.69 Å². The maximum absolute atomic E-state index is 14.2. The predicted molar refractivity (Wildman–Crippen MR) is 110 cm³/mol. The molecule has 0 saturated carbocycles. The van der Waals surface area contributed by atoms with Crippen LogP contribution in [0.25, 0.3) is 5.69 Å². The van der Waals surface area contributed by atoms with Gasteiger partial charge in [-0.25, -0.2) is 14.1 Å². The third-order valence-electron chi connectivity index (χ3n) is 5.70. The molecule has 0 amide bonds. The molecule has 0 bridgehead atoms. The van der Waals surface area contributed by atoms with Gasteiger partial charge in [0.2, 0.25) is 0 Å². The fourth-order valence-electron chi connectivity index (χ4n) is 4.26. The summed E-state index contributed by atoms with van der Waals surface area (Å²) in [6.07, 6.45) is 9.52. The Labute approximate surface area is 168 Å². The molecule has 1 saturated heterocycles. The Hall–Kier alpha value is -2.25. The van der Waals surface area contributed by atoms with Crippen LogP contribution in [0.1, 0.15) is 47.9 Å². The minimum Gasteiger partial charge on any atom is -0.348 e. The molecule has 28 heavy (non-hydrogen) atoms. The van der Waals surface area contributed by atoms with Crippen molar-refractivity contribution in [3.8, 4) is 5.69 Å². The smallest absolute Gasteiger partial charge is 0.185 e. The van der Waals surface area contributed by atoms with Crippen molar-refractivity contribution in [2.24, 2.45) is 0 Å². The molecule has 1 aromatic carbocycles. The molecular formula is C21H24FN5S. The largest absolute Gasteiger partial charge is 0.348 e. The van der Waals surface area contributed by atoms with Crippen LogP contribution in [0.5, 0.6) is 0 Å². The highest BCUT2D eigenvalue weighted by molar-refractivity contribution is 7.15. The fourth-order valence-corrected chi connectivity index (χ4v) is 5.17. The van der Waals surface area contributed by atoms with E-state index >= 15 is 0 Å². The van der Waals surface area contributed by atoms with Gasteiger partial charge in [-0.15, -0.1) is 11.3 Å². The first-order valence-corrected chi connectivity index (χ1v) is 10.9. The van der Waals surface area contributed by atoms with E-state index in [2.05, 4.69) is 20.3 Å². The van der Waals surface area contributed by atoms with E-state index in [1.165, 1.54) is 29.3 Å². The molecule has 1 aliphatic heterocycles. The molecule has 0 radical (unpaired) electrons. The summed E-state index contributed by atoms with van der Waals surface area (Å²) in [6, 6.07) is 7.10. The predicted octanol–water partition coefficient (Wildman–Crippen LogP) is 4.24. The van der Waals surface area contributed by atoms with Gasteiger partial charge >= 0.3 is 0 Å². The van der Waals surface area contributed by atoms with Gasteiger partial charge in [0.25, 0.3) is 0 Å². The molecule has 3 heterocycles. The molecule has 1 unspecified atom stereocenters. The second kappa shape index (κ2) is 7.64.